The molecule has 23 nitrogen and oxygen atoms in total. The van der Waals surface area contributed by atoms with Gasteiger partial charge in [-0.2, -0.15) is 0 Å². The molecule has 6 aromatic heterocycles. The van der Waals surface area contributed by atoms with Crippen LogP contribution in [0.15, 0.2) is 200 Å². The number of carbonyl (C=O) groups excluding carboxylic acids is 5. The number of nitrogens with zero attached hydrogens (tertiary/aromatic N) is 13. The van der Waals surface area contributed by atoms with E-state index in [4.69, 9.17) is 52.1 Å². The van der Waals surface area contributed by atoms with Crippen molar-refractivity contribution in [2.24, 2.45) is 43.5 Å². The average molecular weight is 2550 g/mol. The Kier molecular flexibility index (Phi) is 35.7. The fourth-order valence-corrected chi connectivity index (χ4v) is 28.4. The van der Waals surface area contributed by atoms with Gasteiger partial charge in [0.25, 0.3) is 11.4 Å². The van der Waals surface area contributed by atoms with Crippen LogP contribution < -0.4 is 33.8 Å². The number of halogens is 12. The maximum atomic E-state index is 13.2. The molecule has 0 saturated carbocycles. The van der Waals surface area contributed by atoms with Crippen LogP contribution in [0.1, 0.15) is 203 Å². The van der Waals surface area contributed by atoms with Gasteiger partial charge in [-0.15, -0.1) is 0 Å². The number of aryl methyl sites for hydroxylation is 7. The number of fused-ring (bicyclic) bond motifs is 8. The molecule has 10 aromatic rings. The molecule has 6 aliphatic heterocycles. The molecule has 4 aromatic carbocycles. The molecule has 0 spiro atoms. The molecule has 35 heteroatoms. The lowest BCUT2D eigenvalue weighted by atomic mass is 9.76. The van der Waals surface area contributed by atoms with Crippen molar-refractivity contribution in [2.45, 2.75) is 166 Å². The summed E-state index contributed by atoms with van der Waals surface area (Å²) in [6.45, 7) is 15.7. The Morgan fingerprint density at radius 1 is 0.396 bits per heavy atom. The molecular formula is C109H120Br8Cl4N14O9+6. The summed E-state index contributed by atoms with van der Waals surface area (Å²) in [5, 5.41) is 46.9. The SMILES string of the molecule is C=C(N)N1CCC(CC(=O)N2CCC(C3c4ccc(Cl)c(Br)c4CCc4cc(Br)c[n+](O)c43)CC2)CC1.CC(=O)N1CCC(CC(=O)N2CCN(C3c4ccc(Cl)c(Br)c4CCc4cc(Br)c[n+](O)c43)CC2)CC1.C[n+]1ccc(CC(=O)N2CCC(=C3c4c(Br)cc(Cl)cc4CCc4cc(Br)c[n+](O)c43)CC2)cc1.C[n+]1ccc(CC(=O)N2CCC(C3c4ccc(Cl)c(Br)c4CCc4cc(Br)c[n+](O)c43)CC2)cc1. The summed E-state index contributed by atoms with van der Waals surface area (Å²) in [6, 6.07) is 32.4. The molecule has 0 bridgehead atoms. The average Bonchev–Trinajstić information content (AvgIpc) is 1.55. The van der Waals surface area contributed by atoms with Crippen molar-refractivity contribution < 1.29 is 72.9 Å². The Hall–Kier alpha value is -7.63. The van der Waals surface area contributed by atoms with E-state index in [9.17, 15) is 44.8 Å². The first kappa shape index (κ1) is 108. The van der Waals surface area contributed by atoms with Crippen LogP contribution in [0.3, 0.4) is 0 Å². The van der Waals surface area contributed by atoms with Crippen LogP contribution in [0, 0.1) is 23.7 Å². The topological polar surface area (TPSA) is 238 Å². The minimum atomic E-state index is -0.146. The number of pyridine rings is 6. The lowest BCUT2D eigenvalue weighted by Crippen LogP contribution is -2.52. The number of hydrogen-bond acceptors (Lipinski definition) is 12. The summed E-state index contributed by atoms with van der Waals surface area (Å²) >= 11 is 54.9. The molecule has 3 atom stereocenters. The van der Waals surface area contributed by atoms with Gasteiger partial charge in [-0.1, -0.05) is 92.7 Å². The molecule has 5 amide bonds. The smallest absolute Gasteiger partial charge is 0.268 e. The highest BCUT2D eigenvalue weighted by atomic mass is 79.9. The van der Waals surface area contributed by atoms with Gasteiger partial charge in [0.05, 0.1) is 69.0 Å². The van der Waals surface area contributed by atoms with E-state index < -0.39 is 0 Å². The lowest BCUT2D eigenvalue weighted by Gasteiger charge is -2.39. The van der Waals surface area contributed by atoms with Crippen LogP contribution in [0.5, 0.6) is 0 Å². The number of aromatic nitrogens is 6. The fourth-order valence-electron chi connectivity index (χ4n) is 23.3. The second-order valence-corrected chi connectivity index (χ2v) is 48.3. The van der Waals surface area contributed by atoms with E-state index in [0.717, 1.165) is 282 Å². The van der Waals surface area contributed by atoms with E-state index in [1.807, 2.05) is 122 Å². The number of piperazine rings is 1. The Morgan fingerprint density at radius 2 is 0.757 bits per heavy atom. The van der Waals surface area contributed by atoms with Crippen molar-refractivity contribution in [3.8, 4) is 0 Å². The molecular weight excluding hydrogens is 2430 g/mol. The number of benzene rings is 4. The lowest BCUT2D eigenvalue weighted by molar-refractivity contribution is -0.911. The molecule has 12 heterocycles. The largest absolute Gasteiger partial charge is 0.386 e. The van der Waals surface area contributed by atoms with Crippen LogP contribution in [-0.2, 0) is 102 Å². The Balaban J connectivity index is 0.000000132. The first-order valence-electron chi connectivity index (χ1n) is 49.6. The van der Waals surface area contributed by atoms with Gasteiger partial charge in [-0.05, 0) is 355 Å². The summed E-state index contributed by atoms with van der Waals surface area (Å²) in [5.41, 5.74) is 27.7. The van der Waals surface area contributed by atoms with Gasteiger partial charge >= 0.3 is 0 Å². The summed E-state index contributed by atoms with van der Waals surface area (Å²) in [6.07, 6.45) is 32.1. The third-order valence-electron chi connectivity index (χ3n) is 30.9. The molecule has 10 aliphatic rings. The number of nitrogens with two attached hydrogens (primary N) is 1. The van der Waals surface area contributed by atoms with Crippen LogP contribution in [0.4, 0.5) is 0 Å². The number of carbonyl (C=O) groups is 5. The molecule has 4 aliphatic carbocycles. The van der Waals surface area contributed by atoms with Crippen LogP contribution in [0.2, 0.25) is 20.1 Å². The molecule has 6 N–H and O–H groups in total. The standard InChI is InChI=1S/C28H34Br2ClN4O2.C27H32Br2ClN4O3.C27H26Br2ClN3O2.C27H28Br2ClN3O2/c1-17(32)33-10-6-18(7-11-33)14-25(36)34-12-8-19(9-13-34)26-22-4-5-24(31)27(30)23(22)3-2-20-15-21(29)16-35(37)28(20)26;1-17(35)31-8-6-18(7-9-31)14-24(36)32-10-12-33(13-11-32)27-22-4-5-23(30)25(29)21(22)3-2-19-15-20(28)16-34(37)26(19)27;1-31-8-4-17(5-9-31)12-24(34)32-10-6-18(7-11-32)26-25-19(14-22(30)15-23(25)29)2-3-20-13-21(28)16-33(35)27(20)26;1-31-10-6-17(7-11-31)14-24(34)32-12-8-18(9-13-32)25-21-4-5-23(30)26(29)22(21)3-2-19-15-20(28)16-33(35)27(19)25/h4-5,15-16,18-19,26,37H,1-3,6-14,32H2;4-5,15-16,18,27,37H,2-3,6-14H2,1H3;4-5,8-9,13-16,35H,2-3,6-7,10-12H2,1H3;4-7,10-11,15-16,18,25,35H,2-3,8-9,12-14H2,1H3/q2*+1;2*+2. The monoisotopic (exact) mass is 2540 g/mol. The van der Waals surface area contributed by atoms with E-state index >= 15 is 0 Å². The zero-order valence-corrected chi connectivity index (χ0v) is 96.5. The third-order valence-corrected chi connectivity index (χ3v) is 37.8. The predicted molar refractivity (Wildman–Crippen MR) is 581 cm³/mol. The van der Waals surface area contributed by atoms with Gasteiger partial charge in [0, 0.05) is 205 Å². The second-order valence-electron chi connectivity index (χ2n) is 39.8. The fraction of sp³-hybridized carbons (Fsp3) is 0.422. The summed E-state index contributed by atoms with van der Waals surface area (Å²) in [4.78, 5) is 78.3. The Labute approximate surface area is 929 Å². The van der Waals surface area contributed by atoms with E-state index in [2.05, 4.69) is 191 Å². The minimum Gasteiger partial charge on any atom is -0.386 e. The van der Waals surface area contributed by atoms with Crippen molar-refractivity contribution in [3.63, 3.8) is 0 Å². The maximum Gasteiger partial charge on any atom is 0.268 e. The highest BCUT2D eigenvalue weighted by molar-refractivity contribution is 9.11. The van der Waals surface area contributed by atoms with Gasteiger partial charge in [0.2, 0.25) is 65.7 Å². The number of likely N-dealkylation sites (tertiary alicyclic amines) is 5. The summed E-state index contributed by atoms with van der Waals surface area (Å²) in [7, 11) is 3.94. The highest BCUT2D eigenvalue weighted by Gasteiger charge is 2.47. The highest BCUT2D eigenvalue weighted by Crippen LogP contribution is 2.50. The predicted octanol–water partition coefficient (Wildman–Crippen LogP) is 19.7. The van der Waals surface area contributed by atoms with Crippen molar-refractivity contribution >= 4 is 209 Å². The molecule has 758 valence electrons. The second kappa shape index (κ2) is 47.7. The van der Waals surface area contributed by atoms with Gasteiger partial charge in [0.1, 0.15) is 20.1 Å². The van der Waals surface area contributed by atoms with E-state index in [0.29, 0.717) is 115 Å². The van der Waals surface area contributed by atoms with Crippen LogP contribution in [-0.4, -0.2) is 176 Å². The van der Waals surface area contributed by atoms with Gasteiger partial charge in [-0.3, -0.25) is 49.7 Å². The molecule has 6 fully saturated rings. The van der Waals surface area contributed by atoms with Crippen molar-refractivity contribution in [2.75, 3.05) is 91.6 Å². The third kappa shape index (κ3) is 24.7. The van der Waals surface area contributed by atoms with E-state index in [1.165, 1.54) is 52.3 Å². The van der Waals surface area contributed by atoms with Crippen molar-refractivity contribution in [1.82, 2.24) is 34.3 Å². The minimum absolute atomic E-state index is 0.0283. The zero-order chi connectivity index (χ0) is 102. The van der Waals surface area contributed by atoms with Crippen molar-refractivity contribution in [3.05, 3.63) is 321 Å². The first-order valence-corrected chi connectivity index (χ1v) is 57.4. The van der Waals surface area contributed by atoms with Gasteiger partial charge < -0.3 is 35.1 Å². The van der Waals surface area contributed by atoms with Crippen LogP contribution in [0.25, 0.3) is 5.57 Å². The first-order chi connectivity index (χ1) is 69.1. The van der Waals surface area contributed by atoms with Crippen molar-refractivity contribution in [1.29, 1.82) is 0 Å². The van der Waals surface area contributed by atoms with Gasteiger partial charge in [-0.25, -0.2) is 9.13 Å². The molecule has 0 radical (unpaired) electrons. The number of amides is 5. The summed E-state index contributed by atoms with van der Waals surface area (Å²) < 4.78 is 16.2. The molecule has 20 rings (SSSR count). The number of hydrogen-bond donors (Lipinski definition) is 5. The Bertz CT molecular complexity index is 6350. The van der Waals surface area contributed by atoms with E-state index in [-0.39, 0.29) is 47.4 Å². The van der Waals surface area contributed by atoms with Gasteiger partial charge in [0.15, 0.2) is 24.8 Å². The molecule has 6 saturated heterocycles. The van der Waals surface area contributed by atoms with E-state index in [1.54, 1.807) is 31.7 Å². The Morgan fingerprint density at radius 3 is 1.19 bits per heavy atom. The zero-order valence-electron chi connectivity index (χ0n) is 80.8. The summed E-state index contributed by atoms with van der Waals surface area (Å²) in [5.74, 6) is 2.97. The maximum absolute atomic E-state index is 13.2. The quantitative estimate of drug-likeness (QED) is 0.0567. The number of piperidine rings is 5. The number of rotatable bonds is 12. The van der Waals surface area contributed by atoms with Crippen LogP contribution >= 0.6 is 174 Å². The molecule has 144 heavy (non-hydrogen) atoms. The normalized spacial score (nSPS) is 18.8. The molecule has 3 unspecified atom stereocenters.